The zero-order valence-electron chi connectivity index (χ0n) is 10.9. The highest BCUT2D eigenvalue weighted by atomic mass is 32.2. The second-order valence-corrected chi connectivity index (χ2v) is 6.19. The number of benzene rings is 2. The summed E-state index contributed by atoms with van der Waals surface area (Å²) < 4.78 is 27.0. The van der Waals surface area contributed by atoms with E-state index in [0.717, 1.165) is 5.56 Å². The first-order chi connectivity index (χ1) is 9.40. The second kappa shape index (κ2) is 5.52. The van der Waals surface area contributed by atoms with E-state index in [2.05, 4.69) is 4.72 Å². The molecule has 0 saturated carbocycles. The third-order valence-electron chi connectivity index (χ3n) is 2.94. The Morgan fingerprint density at radius 2 is 1.80 bits per heavy atom. The predicted molar refractivity (Wildman–Crippen MR) is 77.7 cm³/mol. The number of nitrogen functional groups attached to an aromatic ring is 1. The van der Waals surface area contributed by atoms with Crippen molar-refractivity contribution in [3.8, 4) is 5.75 Å². The third kappa shape index (κ3) is 3.09. The van der Waals surface area contributed by atoms with Crippen LogP contribution < -0.4 is 10.5 Å². The summed E-state index contributed by atoms with van der Waals surface area (Å²) in [5.41, 5.74) is 6.41. The molecule has 0 aliphatic carbocycles. The molecule has 0 saturated heterocycles. The topological polar surface area (TPSA) is 92.4 Å². The summed E-state index contributed by atoms with van der Waals surface area (Å²) in [6.45, 7) is 1.76. The van der Waals surface area contributed by atoms with Gasteiger partial charge in [-0.15, -0.1) is 0 Å². The lowest BCUT2D eigenvalue weighted by Crippen LogP contribution is -2.26. The van der Waals surface area contributed by atoms with Gasteiger partial charge < -0.3 is 10.8 Å². The van der Waals surface area contributed by atoms with Crippen LogP contribution in [0.5, 0.6) is 5.75 Å². The van der Waals surface area contributed by atoms with E-state index < -0.39 is 10.0 Å². The summed E-state index contributed by atoms with van der Waals surface area (Å²) >= 11 is 0. The van der Waals surface area contributed by atoms with Crippen LogP contribution in [0.3, 0.4) is 0 Å². The molecular weight excluding hydrogens is 276 g/mol. The zero-order valence-corrected chi connectivity index (χ0v) is 11.8. The Morgan fingerprint density at radius 3 is 2.40 bits per heavy atom. The van der Waals surface area contributed by atoms with E-state index in [4.69, 9.17) is 5.73 Å². The van der Waals surface area contributed by atoms with Gasteiger partial charge >= 0.3 is 0 Å². The van der Waals surface area contributed by atoms with Crippen molar-refractivity contribution >= 4 is 15.7 Å². The number of phenols is 1. The summed E-state index contributed by atoms with van der Waals surface area (Å²) in [6, 6.07) is 12.7. The maximum absolute atomic E-state index is 12.2. The van der Waals surface area contributed by atoms with Crippen molar-refractivity contribution in [1.82, 2.24) is 4.72 Å². The Labute approximate surface area is 118 Å². The summed E-state index contributed by atoms with van der Waals surface area (Å²) in [5.74, 6) is -0.139. The van der Waals surface area contributed by atoms with Crippen LogP contribution in [0.25, 0.3) is 0 Å². The summed E-state index contributed by atoms with van der Waals surface area (Å²) in [6.07, 6.45) is 0. The summed E-state index contributed by atoms with van der Waals surface area (Å²) in [4.78, 5) is 0.0237. The fourth-order valence-electron chi connectivity index (χ4n) is 1.81. The van der Waals surface area contributed by atoms with Crippen molar-refractivity contribution in [1.29, 1.82) is 0 Å². The number of hydrogen-bond acceptors (Lipinski definition) is 4. The van der Waals surface area contributed by atoms with E-state index in [0.29, 0.717) is 0 Å². The number of sulfonamides is 1. The van der Waals surface area contributed by atoms with E-state index in [1.54, 1.807) is 6.92 Å². The molecule has 5 nitrogen and oxygen atoms in total. The van der Waals surface area contributed by atoms with E-state index >= 15 is 0 Å². The monoisotopic (exact) mass is 292 g/mol. The van der Waals surface area contributed by atoms with Crippen LogP contribution in [0.4, 0.5) is 5.69 Å². The van der Waals surface area contributed by atoms with E-state index in [-0.39, 0.29) is 22.4 Å². The Bertz CT molecular complexity index is 700. The molecule has 106 valence electrons. The summed E-state index contributed by atoms with van der Waals surface area (Å²) in [7, 11) is -3.69. The fourth-order valence-corrected chi connectivity index (χ4v) is 3.08. The molecule has 1 atom stereocenters. The van der Waals surface area contributed by atoms with Crippen molar-refractivity contribution in [3.63, 3.8) is 0 Å². The molecule has 20 heavy (non-hydrogen) atoms. The Hall–Kier alpha value is -2.05. The van der Waals surface area contributed by atoms with Crippen molar-refractivity contribution in [2.75, 3.05) is 5.73 Å². The fraction of sp³-hybridized carbons (Fsp3) is 0.143. The minimum atomic E-state index is -3.69. The van der Waals surface area contributed by atoms with Crippen molar-refractivity contribution in [2.24, 2.45) is 0 Å². The number of rotatable bonds is 4. The van der Waals surface area contributed by atoms with Gasteiger partial charge in [0.05, 0.1) is 10.6 Å². The van der Waals surface area contributed by atoms with Gasteiger partial charge in [-0.05, 0) is 30.7 Å². The second-order valence-electron chi connectivity index (χ2n) is 4.47. The maximum atomic E-state index is 12.2. The molecule has 0 heterocycles. The van der Waals surface area contributed by atoms with Gasteiger partial charge in [0, 0.05) is 6.04 Å². The smallest absolute Gasteiger partial charge is 0.241 e. The normalized spacial score (nSPS) is 13.1. The average molecular weight is 292 g/mol. The first-order valence-corrected chi connectivity index (χ1v) is 7.54. The van der Waals surface area contributed by atoms with Gasteiger partial charge in [-0.2, -0.15) is 0 Å². The number of phenolic OH excluding ortho intramolecular Hbond substituents is 1. The molecule has 0 unspecified atom stereocenters. The number of aromatic hydroxyl groups is 1. The van der Waals surface area contributed by atoms with Gasteiger partial charge in [-0.3, -0.25) is 0 Å². The first-order valence-electron chi connectivity index (χ1n) is 6.06. The van der Waals surface area contributed by atoms with Crippen molar-refractivity contribution in [3.05, 3.63) is 54.1 Å². The molecule has 0 amide bonds. The van der Waals surface area contributed by atoms with Crippen molar-refractivity contribution < 1.29 is 13.5 Å². The molecule has 6 heteroatoms. The molecule has 4 N–H and O–H groups in total. The number of hydrogen-bond donors (Lipinski definition) is 3. The van der Waals surface area contributed by atoms with Gasteiger partial charge in [-0.25, -0.2) is 13.1 Å². The highest BCUT2D eigenvalue weighted by Crippen LogP contribution is 2.24. The molecule has 0 spiro atoms. The molecule has 2 aromatic carbocycles. The van der Waals surface area contributed by atoms with E-state index in [1.807, 2.05) is 30.3 Å². The predicted octanol–water partition coefficient (Wildman–Crippen LogP) is 2.01. The van der Waals surface area contributed by atoms with Gasteiger partial charge in [0.25, 0.3) is 0 Å². The van der Waals surface area contributed by atoms with Gasteiger partial charge in [0.1, 0.15) is 5.75 Å². The van der Waals surface area contributed by atoms with Crippen LogP contribution in [0.1, 0.15) is 18.5 Å². The average Bonchev–Trinajstić information content (AvgIpc) is 2.42. The van der Waals surface area contributed by atoms with Crippen molar-refractivity contribution in [2.45, 2.75) is 17.9 Å². The Kier molecular flexibility index (Phi) is 3.96. The van der Waals surface area contributed by atoms with Gasteiger partial charge in [0.2, 0.25) is 10.0 Å². The largest absolute Gasteiger partial charge is 0.506 e. The van der Waals surface area contributed by atoms with Crippen LogP contribution in [0, 0.1) is 0 Å². The molecule has 0 aliphatic heterocycles. The molecule has 0 aliphatic rings. The molecule has 2 aromatic rings. The highest BCUT2D eigenvalue weighted by Gasteiger charge is 2.19. The summed E-state index contributed by atoms with van der Waals surface area (Å²) in [5, 5.41) is 9.33. The molecule has 0 radical (unpaired) electrons. The molecule has 0 aromatic heterocycles. The molecule has 0 fully saturated rings. The van der Waals surface area contributed by atoms with Crippen LogP contribution in [-0.4, -0.2) is 13.5 Å². The number of nitrogens with one attached hydrogen (secondary N) is 1. The minimum Gasteiger partial charge on any atom is -0.506 e. The lowest BCUT2D eigenvalue weighted by molar-refractivity contribution is 0.477. The molecule has 2 rings (SSSR count). The molecular formula is C14H16N2O3S. The minimum absolute atomic E-state index is 0.0237. The van der Waals surface area contributed by atoms with Gasteiger partial charge in [0.15, 0.2) is 0 Å². The standard InChI is InChI=1S/C14H16N2O3S/c1-10(11-5-3-2-4-6-11)16-20(18,19)12-7-8-14(17)13(15)9-12/h2-10,16-17H,15H2,1H3/t10-/m1/s1. The lowest BCUT2D eigenvalue weighted by atomic mass is 10.1. The third-order valence-corrected chi connectivity index (χ3v) is 4.48. The van der Waals surface area contributed by atoms with Gasteiger partial charge in [-0.1, -0.05) is 30.3 Å². The quantitative estimate of drug-likeness (QED) is 0.593. The van der Waals surface area contributed by atoms with Crippen LogP contribution in [0.15, 0.2) is 53.4 Å². The van der Waals surface area contributed by atoms with E-state index in [1.165, 1.54) is 18.2 Å². The van der Waals surface area contributed by atoms with E-state index in [9.17, 15) is 13.5 Å². The zero-order chi connectivity index (χ0) is 14.8. The lowest BCUT2D eigenvalue weighted by Gasteiger charge is -2.15. The number of nitrogens with two attached hydrogens (primary N) is 1. The molecule has 0 bridgehead atoms. The first kappa shape index (κ1) is 14.4. The van der Waals surface area contributed by atoms with Crippen LogP contribution >= 0.6 is 0 Å². The number of anilines is 1. The SMILES string of the molecule is C[C@@H](NS(=O)(=O)c1ccc(O)c(N)c1)c1ccccc1. The van der Waals surface area contributed by atoms with Crippen LogP contribution in [-0.2, 0) is 10.0 Å². The van der Waals surface area contributed by atoms with Crippen LogP contribution in [0.2, 0.25) is 0 Å². The highest BCUT2D eigenvalue weighted by molar-refractivity contribution is 7.89. The Morgan fingerprint density at radius 1 is 1.15 bits per heavy atom. The maximum Gasteiger partial charge on any atom is 0.241 e. The Balaban J connectivity index is 2.25.